The summed E-state index contributed by atoms with van der Waals surface area (Å²) in [6.07, 6.45) is 2.43. The van der Waals surface area contributed by atoms with Gasteiger partial charge in [0, 0.05) is 38.1 Å². The summed E-state index contributed by atoms with van der Waals surface area (Å²) in [4.78, 5) is 39.2. The first-order chi connectivity index (χ1) is 20.2. The number of nitrogens with zero attached hydrogens (tertiary/aromatic N) is 4. The van der Waals surface area contributed by atoms with Crippen LogP contribution in [-0.2, 0) is 16.1 Å². The summed E-state index contributed by atoms with van der Waals surface area (Å²) in [5.41, 5.74) is 2.54. The van der Waals surface area contributed by atoms with Crippen LogP contribution in [0.3, 0.4) is 0 Å². The molecule has 0 spiro atoms. The fourth-order valence-electron chi connectivity index (χ4n) is 5.12. The van der Waals surface area contributed by atoms with Crippen LogP contribution in [-0.4, -0.2) is 50.3 Å². The number of halogens is 1. The molecule has 1 aliphatic heterocycles. The number of rotatable bonds is 10. The third-order valence-electron chi connectivity index (χ3n) is 7.39. The van der Waals surface area contributed by atoms with Gasteiger partial charge >= 0.3 is 5.97 Å². The van der Waals surface area contributed by atoms with Crippen molar-refractivity contribution in [3.05, 3.63) is 105 Å². The number of unbranched alkanes of at least 4 members (excludes halogenated alkanes) is 1. The number of benzene rings is 3. The predicted molar refractivity (Wildman–Crippen MR) is 158 cm³/mol. The lowest BCUT2D eigenvalue weighted by Gasteiger charge is -2.27. The smallest absolute Gasteiger partial charge is 0.303 e. The monoisotopic (exact) mass is 570 g/mol. The van der Waals surface area contributed by atoms with E-state index >= 15 is 0 Å². The Balaban J connectivity index is 1.45. The average Bonchev–Trinajstić information content (AvgIpc) is 3.39. The number of hydrogen-bond acceptors (Lipinski definition) is 7. The number of aliphatic imine (C=N–C) groups is 1. The maximum Gasteiger partial charge on any atom is 0.303 e. The molecule has 42 heavy (non-hydrogen) atoms. The van der Waals surface area contributed by atoms with Crippen LogP contribution >= 0.6 is 0 Å². The van der Waals surface area contributed by atoms with Gasteiger partial charge in [-0.2, -0.15) is 0 Å². The van der Waals surface area contributed by atoms with E-state index in [0.29, 0.717) is 64.9 Å². The molecule has 216 valence electrons. The van der Waals surface area contributed by atoms with Crippen LogP contribution in [0.5, 0.6) is 0 Å². The second kappa shape index (κ2) is 12.0. The molecule has 10 heteroatoms. The van der Waals surface area contributed by atoms with E-state index in [1.807, 2.05) is 24.3 Å². The minimum atomic E-state index is -1.00. The van der Waals surface area contributed by atoms with E-state index in [2.05, 4.69) is 10.1 Å². The van der Waals surface area contributed by atoms with Crippen molar-refractivity contribution in [1.29, 1.82) is 0 Å². The molecule has 0 saturated carbocycles. The first-order valence-corrected chi connectivity index (χ1v) is 13.7. The van der Waals surface area contributed by atoms with E-state index in [-0.39, 0.29) is 12.0 Å². The summed E-state index contributed by atoms with van der Waals surface area (Å²) < 4.78 is 15.1. The number of aliphatic carboxylic acids is 1. The number of carboxylic acids is 1. The molecule has 4 aromatic rings. The normalized spacial score (nSPS) is 17.4. The van der Waals surface area contributed by atoms with Crippen molar-refractivity contribution in [1.82, 2.24) is 9.55 Å². The molecule has 0 aliphatic carbocycles. The number of aliphatic hydroxyl groups excluding tert-OH is 1. The Kier molecular flexibility index (Phi) is 8.26. The van der Waals surface area contributed by atoms with Crippen molar-refractivity contribution in [2.24, 2.45) is 10.1 Å². The van der Waals surface area contributed by atoms with Gasteiger partial charge < -0.3 is 15.1 Å². The minimum absolute atomic E-state index is 0.0140. The van der Waals surface area contributed by atoms with Gasteiger partial charge in [-0.25, -0.2) is 9.37 Å². The molecule has 1 aliphatic rings. The molecule has 9 nitrogen and oxygen atoms in total. The van der Waals surface area contributed by atoms with Crippen molar-refractivity contribution >= 4 is 28.8 Å². The molecule has 0 saturated heterocycles. The number of carbonyl (C=O) groups is 1. The van der Waals surface area contributed by atoms with Crippen molar-refractivity contribution in [3.8, 4) is 5.69 Å². The zero-order chi connectivity index (χ0) is 29.9. The number of oxime groups is 1. The van der Waals surface area contributed by atoms with Gasteiger partial charge in [0.2, 0.25) is 0 Å². The predicted octanol–water partition coefficient (Wildman–Crippen LogP) is 4.99. The Bertz CT molecular complexity index is 1730. The lowest BCUT2D eigenvalue weighted by molar-refractivity contribution is -0.137. The molecular formula is C32H31FN4O5. The highest BCUT2D eigenvalue weighted by Crippen LogP contribution is 2.38. The van der Waals surface area contributed by atoms with Gasteiger partial charge in [0.25, 0.3) is 5.56 Å². The number of carboxylic acid groups (broad SMARTS) is 1. The summed E-state index contributed by atoms with van der Waals surface area (Å²) in [6.45, 7) is 1.80. The summed E-state index contributed by atoms with van der Waals surface area (Å²) in [6, 6.07) is 18.2. The highest BCUT2D eigenvalue weighted by Gasteiger charge is 2.42. The Morgan fingerprint density at radius 1 is 1.14 bits per heavy atom. The molecule has 0 amide bonds. The van der Waals surface area contributed by atoms with Crippen LogP contribution in [0.1, 0.15) is 61.2 Å². The molecule has 5 rings (SSSR count). The van der Waals surface area contributed by atoms with Gasteiger partial charge in [-0.1, -0.05) is 35.5 Å². The number of aryl methyl sites for hydroxylation is 1. The van der Waals surface area contributed by atoms with Crippen LogP contribution in [0.15, 0.2) is 81.7 Å². The van der Waals surface area contributed by atoms with Gasteiger partial charge in [-0.3, -0.25) is 19.1 Å². The zero-order valence-corrected chi connectivity index (χ0v) is 23.3. The highest BCUT2D eigenvalue weighted by molar-refractivity contribution is 6.04. The zero-order valence-electron chi connectivity index (χ0n) is 23.3. The van der Waals surface area contributed by atoms with Crippen molar-refractivity contribution in [2.75, 3.05) is 7.05 Å². The Labute approximate surface area is 241 Å². The van der Waals surface area contributed by atoms with Gasteiger partial charge in [0.1, 0.15) is 17.7 Å². The van der Waals surface area contributed by atoms with Crippen LogP contribution in [0.25, 0.3) is 16.6 Å². The Morgan fingerprint density at radius 2 is 1.88 bits per heavy atom. The first kappa shape index (κ1) is 28.8. The van der Waals surface area contributed by atoms with Crippen LogP contribution < -0.4 is 5.56 Å². The summed E-state index contributed by atoms with van der Waals surface area (Å²) in [7, 11) is 1.70. The van der Waals surface area contributed by atoms with Gasteiger partial charge in [0.15, 0.2) is 5.60 Å². The van der Waals surface area contributed by atoms with Crippen LogP contribution in [0.2, 0.25) is 0 Å². The van der Waals surface area contributed by atoms with E-state index in [1.54, 1.807) is 38.4 Å². The Hall–Kier alpha value is -4.70. The number of aliphatic hydroxyl groups is 1. The summed E-state index contributed by atoms with van der Waals surface area (Å²) in [5.74, 6) is -0.863. The second-order valence-electron chi connectivity index (χ2n) is 10.6. The lowest BCUT2D eigenvalue weighted by atomic mass is 9.87. The maximum atomic E-state index is 13.7. The van der Waals surface area contributed by atoms with E-state index in [4.69, 9.17) is 14.9 Å². The number of hydrogen-bond donors (Lipinski definition) is 2. The van der Waals surface area contributed by atoms with E-state index < -0.39 is 23.5 Å². The molecule has 1 aromatic heterocycles. The van der Waals surface area contributed by atoms with E-state index in [9.17, 15) is 19.1 Å². The molecule has 3 aromatic carbocycles. The Morgan fingerprint density at radius 3 is 2.57 bits per heavy atom. The fraction of sp³-hybridized carbons (Fsp3) is 0.281. The number of fused-ring (bicyclic) bond motifs is 1. The molecule has 2 N–H and O–H groups in total. The second-order valence-corrected chi connectivity index (χ2v) is 10.6. The van der Waals surface area contributed by atoms with Crippen LogP contribution in [0, 0.1) is 5.82 Å². The molecule has 0 fully saturated rings. The van der Waals surface area contributed by atoms with Gasteiger partial charge in [-0.15, -0.1) is 0 Å². The standard InChI is InChI=1S/C32H31FN4O5/c1-32(30(40)21-9-7-20(8-10-21)19-34-2)18-27(36-42-32)22-11-16-25-26(17-22)35-28(5-3-4-6-29(38)39)37(31(25)41)24-14-12-23(33)13-15-24/h7-17,19,30,40H,3-6,18H2,1-2H3,(H,38,39)/b34-19-. The molecule has 2 atom stereocenters. The molecule has 2 heterocycles. The molecule has 0 radical (unpaired) electrons. The third kappa shape index (κ3) is 5.99. The SMILES string of the molecule is C/N=C\c1ccc(C(O)C2(C)CC(c3ccc4c(=O)n(-c5ccc(F)cc5)c(CCCCC(=O)O)nc4c3)=NO2)cc1. The van der Waals surface area contributed by atoms with Crippen molar-refractivity contribution in [3.63, 3.8) is 0 Å². The lowest BCUT2D eigenvalue weighted by Crippen LogP contribution is -2.33. The van der Waals surface area contributed by atoms with E-state index in [0.717, 1.165) is 5.56 Å². The number of aromatic nitrogens is 2. The van der Waals surface area contributed by atoms with E-state index in [1.165, 1.54) is 28.8 Å². The summed E-state index contributed by atoms with van der Waals surface area (Å²) >= 11 is 0. The topological polar surface area (TPSA) is 126 Å². The largest absolute Gasteiger partial charge is 0.481 e. The quantitative estimate of drug-likeness (QED) is 0.204. The third-order valence-corrected chi connectivity index (χ3v) is 7.39. The minimum Gasteiger partial charge on any atom is -0.481 e. The van der Waals surface area contributed by atoms with Crippen molar-refractivity contribution < 1.29 is 24.2 Å². The molecule has 2 unspecified atom stereocenters. The highest BCUT2D eigenvalue weighted by atomic mass is 19.1. The molecular weight excluding hydrogens is 539 g/mol. The maximum absolute atomic E-state index is 13.7. The fourth-order valence-corrected chi connectivity index (χ4v) is 5.12. The van der Waals surface area contributed by atoms with Crippen LogP contribution in [0.4, 0.5) is 4.39 Å². The van der Waals surface area contributed by atoms with Gasteiger partial charge in [-0.05, 0) is 67.3 Å². The van der Waals surface area contributed by atoms with Crippen molar-refractivity contribution in [2.45, 2.75) is 50.7 Å². The average molecular weight is 571 g/mol. The first-order valence-electron chi connectivity index (χ1n) is 13.7. The summed E-state index contributed by atoms with van der Waals surface area (Å²) in [5, 5.41) is 24.8. The molecule has 0 bridgehead atoms. The van der Waals surface area contributed by atoms with Gasteiger partial charge in [0.05, 0.1) is 22.3 Å².